The zero-order valence-corrected chi connectivity index (χ0v) is 20.5. The number of nitrogen functional groups attached to an aromatic ring is 1. The fourth-order valence-corrected chi connectivity index (χ4v) is 4.75. The van der Waals surface area contributed by atoms with Gasteiger partial charge in [-0.05, 0) is 45.0 Å². The molecule has 1 aromatic carbocycles. The second-order valence-corrected chi connectivity index (χ2v) is 8.83. The maximum Gasteiger partial charge on any atom is 0.274 e. The van der Waals surface area contributed by atoms with Crippen molar-refractivity contribution in [3.63, 3.8) is 0 Å². The maximum absolute atomic E-state index is 13.0. The largest absolute Gasteiger partial charge is 0.382 e. The molecule has 0 aliphatic carbocycles. The number of hydrogen-bond donors (Lipinski definition) is 5. The average molecular weight is 481 g/mol. The Hall–Kier alpha value is -3.70. The monoisotopic (exact) mass is 480 g/mol. The zero-order valence-electron chi connectivity index (χ0n) is 20.5. The van der Waals surface area contributed by atoms with E-state index in [1.54, 1.807) is 12.3 Å². The van der Waals surface area contributed by atoms with Crippen molar-refractivity contribution in [1.29, 1.82) is 0 Å². The number of aromatic amines is 1. The number of benzene rings is 1. The van der Waals surface area contributed by atoms with Crippen LogP contribution in [0.3, 0.4) is 0 Å². The van der Waals surface area contributed by atoms with E-state index in [0.29, 0.717) is 40.8 Å². The highest BCUT2D eigenvalue weighted by Gasteiger charge is 2.47. The third-order valence-corrected chi connectivity index (χ3v) is 6.85. The van der Waals surface area contributed by atoms with Gasteiger partial charge in [0.25, 0.3) is 11.8 Å². The van der Waals surface area contributed by atoms with E-state index in [1.807, 2.05) is 18.2 Å². The van der Waals surface area contributed by atoms with Gasteiger partial charge in [-0.15, -0.1) is 0 Å². The lowest BCUT2D eigenvalue weighted by Crippen LogP contribution is -2.61. The Bertz CT molecular complexity index is 1240. The van der Waals surface area contributed by atoms with Crippen LogP contribution in [0, 0.1) is 0 Å². The molecule has 0 bridgehead atoms. The summed E-state index contributed by atoms with van der Waals surface area (Å²) in [5.41, 5.74) is 15.5. The number of quaternary nitrogens is 1. The van der Waals surface area contributed by atoms with Crippen molar-refractivity contribution in [2.24, 2.45) is 5.73 Å². The molecule has 2 aromatic heterocycles. The molecule has 2 unspecified atom stereocenters. The maximum atomic E-state index is 13.0. The van der Waals surface area contributed by atoms with Gasteiger partial charge in [-0.2, -0.15) is 0 Å². The highest BCUT2D eigenvalue weighted by molar-refractivity contribution is 5.98. The van der Waals surface area contributed by atoms with Crippen LogP contribution in [-0.4, -0.2) is 72.7 Å². The van der Waals surface area contributed by atoms with Crippen LogP contribution in [0.5, 0.6) is 0 Å². The van der Waals surface area contributed by atoms with Gasteiger partial charge in [0, 0.05) is 30.9 Å². The Morgan fingerprint density at radius 1 is 1.17 bits per heavy atom. The highest BCUT2D eigenvalue weighted by atomic mass is 16.2. The predicted molar refractivity (Wildman–Crippen MR) is 138 cm³/mol. The minimum absolute atomic E-state index is 0.0651. The van der Waals surface area contributed by atoms with Crippen LogP contribution in [-0.2, 0) is 0 Å². The number of rotatable bonds is 9. The van der Waals surface area contributed by atoms with Gasteiger partial charge < -0.3 is 32.0 Å². The average Bonchev–Trinajstić information content (AvgIpc) is 3.41. The summed E-state index contributed by atoms with van der Waals surface area (Å²) in [4.78, 5) is 39.5. The summed E-state index contributed by atoms with van der Waals surface area (Å²) in [5.74, 6) is -0.403. The van der Waals surface area contributed by atoms with Crippen molar-refractivity contribution in [3.05, 3.63) is 41.7 Å². The summed E-state index contributed by atoms with van der Waals surface area (Å²) in [6, 6.07) is 7.57. The van der Waals surface area contributed by atoms with Crippen molar-refractivity contribution in [1.82, 2.24) is 30.1 Å². The van der Waals surface area contributed by atoms with E-state index < -0.39 is 0 Å². The number of fused-ring (bicyclic) bond motifs is 2. The molecule has 11 heteroatoms. The summed E-state index contributed by atoms with van der Waals surface area (Å²) in [6.45, 7) is 7.16. The van der Waals surface area contributed by atoms with Crippen molar-refractivity contribution < 1.29 is 9.59 Å². The van der Waals surface area contributed by atoms with E-state index >= 15 is 0 Å². The summed E-state index contributed by atoms with van der Waals surface area (Å²) in [6.07, 6.45) is 2.37. The number of aromatic nitrogens is 3. The third-order valence-electron chi connectivity index (χ3n) is 6.85. The lowest BCUT2D eigenvalue weighted by molar-refractivity contribution is 0.0934. The van der Waals surface area contributed by atoms with E-state index in [9.17, 15) is 9.59 Å². The van der Waals surface area contributed by atoms with E-state index in [-0.39, 0.29) is 29.5 Å². The van der Waals surface area contributed by atoms with Gasteiger partial charge in [-0.3, -0.25) is 14.1 Å². The minimum Gasteiger partial charge on any atom is -0.382 e. The number of carbonyl (C=O) groups is 2. The minimum atomic E-state index is -0.368. The Morgan fingerprint density at radius 2 is 1.97 bits per heavy atom. The number of nitrogens with zero attached hydrogens (tertiary/aromatic N) is 4. The van der Waals surface area contributed by atoms with E-state index in [2.05, 4.69) is 51.4 Å². The number of likely N-dealkylation sites (N-methyl/N-ethyl adjacent to an activating group) is 2. The Labute approximate surface area is 204 Å². The Morgan fingerprint density at radius 3 is 2.69 bits per heavy atom. The molecule has 186 valence electrons. The van der Waals surface area contributed by atoms with Gasteiger partial charge >= 0.3 is 0 Å². The molecule has 11 nitrogen and oxygen atoms in total. The highest BCUT2D eigenvalue weighted by Crippen LogP contribution is 2.44. The Balaban J connectivity index is 1.57. The standard InChI is InChI=1S/C24H33N9O2/c1-4-32-17-13-15(23(34)28-11-6-10-25)7-8-18(17)33(3,5-2)19(32)14-29-24(35)20-21(26)31-22-16(30-20)9-12-27-22/h7-9,12-13,19H,4-6,10-11,14,25H2,1-3H3,(H4-,26,27,28,29,30,31,34,35)/p+1. The predicted octanol–water partition coefficient (Wildman–Crippen LogP) is 1.17. The van der Waals surface area contributed by atoms with Gasteiger partial charge in [-0.1, -0.05) is 0 Å². The van der Waals surface area contributed by atoms with Crippen LogP contribution in [0.2, 0.25) is 0 Å². The topological polar surface area (TPSA) is 155 Å². The first-order valence-corrected chi connectivity index (χ1v) is 12.0. The number of carbonyl (C=O) groups excluding carboxylic acids is 2. The van der Waals surface area contributed by atoms with Crippen LogP contribution < -0.4 is 31.5 Å². The molecule has 0 saturated heterocycles. The molecule has 4 rings (SSSR count). The van der Waals surface area contributed by atoms with E-state index in [0.717, 1.165) is 30.9 Å². The van der Waals surface area contributed by atoms with Gasteiger partial charge in [-0.25, -0.2) is 9.97 Å². The fourth-order valence-electron chi connectivity index (χ4n) is 4.75. The van der Waals surface area contributed by atoms with E-state index in [4.69, 9.17) is 11.5 Å². The first-order chi connectivity index (χ1) is 16.8. The van der Waals surface area contributed by atoms with Crippen molar-refractivity contribution >= 4 is 40.2 Å². The molecular formula is C24H34N9O2+. The molecule has 3 heterocycles. The van der Waals surface area contributed by atoms with Crippen LogP contribution in [0.25, 0.3) is 11.2 Å². The second kappa shape index (κ2) is 9.88. The molecule has 7 N–H and O–H groups in total. The molecule has 0 saturated carbocycles. The van der Waals surface area contributed by atoms with Gasteiger partial charge in [0.15, 0.2) is 29.0 Å². The molecule has 2 atom stereocenters. The molecule has 0 radical (unpaired) electrons. The zero-order chi connectivity index (χ0) is 25.2. The van der Waals surface area contributed by atoms with Crippen molar-refractivity contribution in [3.8, 4) is 0 Å². The van der Waals surface area contributed by atoms with Crippen LogP contribution >= 0.6 is 0 Å². The molecule has 1 aliphatic heterocycles. The number of hydrogen-bond acceptors (Lipinski definition) is 7. The van der Waals surface area contributed by atoms with Crippen LogP contribution in [0.15, 0.2) is 30.5 Å². The normalized spacial score (nSPS) is 19.1. The molecule has 3 aromatic rings. The van der Waals surface area contributed by atoms with Gasteiger partial charge in [0.1, 0.15) is 11.2 Å². The molecule has 0 fully saturated rings. The molecule has 0 spiro atoms. The lowest BCUT2D eigenvalue weighted by atomic mass is 10.1. The first-order valence-electron chi connectivity index (χ1n) is 12.0. The number of nitrogens with two attached hydrogens (primary N) is 2. The number of amides is 2. The second-order valence-electron chi connectivity index (χ2n) is 8.83. The van der Waals surface area contributed by atoms with Crippen LogP contribution in [0.4, 0.5) is 17.2 Å². The molecule has 2 amide bonds. The lowest BCUT2D eigenvalue weighted by Gasteiger charge is -2.37. The summed E-state index contributed by atoms with van der Waals surface area (Å²) in [5, 5.41) is 5.94. The summed E-state index contributed by atoms with van der Waals surface area (Å²) < 4.78 is 0.594. The number of H-pyrrole nitrogens is 1. The van der Waals surface area contributed by atoms with Crippen LogP contribution in [0.1, 0.15) is 41.1 Å². The summed E-state index contributed by atoms with van der Waals surface area (Å²) >= 11 is 0. The van der Waals surface area contributed by atoms with Gasteiger partial charge in [0.2, 0.25) is 0 Å². The quantitative estimate of drug-likeness (QED) is 0.227. The summed E-state index contributed by atoms with van der Waals surface area (Å²) in [7, 11) is 2.15. The van der Waals surface area contributed by atoms with Crippen molar-refractivity contribution in [2.45, 2.75) is 26.4 Å². The van der Waals surface area contributed by atoms with Gasteiger partial charge in [0.05, 0.1) is 20.1 Å². The molecular weight excluding hydrogens is 446 g/mol. The first kappa shape index (κ1) is 24.4. The SMILES string of the molecule is CCN1c2cc(C(=O)NCCCN)ccc2[N+](C)(CC)C1CNC(=O)c1nc2cc[nH]c2nc1N. The third kappa shape index (κ3) is 4.40. The smallest absolute Gasteiger partial charge is 0.274 e. The molecule has 35 heavy (non-hydrogen) atoms. The Kier molecular flexibility index (Phi) is 6.90. The molecule has 1 aliphatic rings. The fraction of sp³-hybridized carbons (Fsp3) is 0.417. The van der Waals surface area contributed by atoms with Crippen molar-refractivity contribution in [2.75, 3.05) is 50.4 Å². The van der Waals surface area contributed by atoms with E-state index in [1.165, 1.54) is 0 Å². The number of anilines is 2. The number of nitrogens with one attached hydrogen (secondary N) is 3.